The lowest BCUT2D eigenvalue weighted by Crippen LogP contribution is -2.62. The van der Waals surface area contributed by atoms with Crippen molar-refractivity contribution in [3.8, 4) is 0 Å². The lowest BCUT2D eigenvalue weighted by Gasteiger charge is -2.40. The van der Waals surface area contributed by atoms with Gasteiger partial charge in [-0.3, -0.25) is 19.1 Å². The molecule has 0 bridgehead atoms. The van der Waals surface area contributed by atoms with E-state index in [-0.39, 0.29) is 0 Å². The number of nitrogens with one attached hydrogen (secondary N) is 1. The van der Waals surface area contributed by atoms with E-state index < -0.39 is 84.5 Å². The van der Waals surface area contributed by atoms with E-state index in [0.29, 0.717) is 0 Å². The van der Waals surface area contributed by atoms with Gasteiger partial charge in [0, 0.05) is 12.3 Å². The zero-order valence-electron chi connectivity index (χ0n) is 16.0. The molecule has 2 fully saturated rings. The highest BCUT2D eigenvalue weighted by Gasteiger charge is 2.53. The van der Waals surface area contributed by atoms with Crippen molar-refractivity contribution in [3.05, 3.63) is 33.1 Å². The number of ether oxygens (including phenoxy) is 3. The quantitative estimate of drug-likeness (QED) is 0.195. The first-order valence-electron chi connectivity index (χ1n) is 9.14. The van der Waals surface area contributed by atoms with E-state index in [0.717, 1.165) is 16.8 Å². The molecule has 3 heterocycles. The molecule has 1 aromatic rings. The van der Waals surface area contributed by atoms with Gasteiger partial charge in [-0.2, -0.15) is 0 Å². The van der Waals surface area contributed by atoms with E-state index in [1.54, 1.807) is 0 Å². The van der Waals surface area contributed by atoms with Crippen molar-refractivity contribution in [2.75, 3.05) is 0 Å². The van der Waals surface area contributed by atoms with E-state index in [9.17, 15) is 44.7 Å². The van der Waals surface area contributed by atoms with E-state index in [1.807, 2.05) is 4.98 Å². The summed E-state index contributed by atoms with van der Waals surface area (Å²) in [6, 6.07) is 0.935. The van der Waals surface area contributed by atoms with Crippen LogP contribution in [0.3, 0.4) is 0 Å². The molecule has 1 amide bonds. The minimum atomic E-state index is -2.05. The normalized spacial score (nSPS) is 38.3. The number of aliphatic carboxylic acids is 1. The highest BCUT2D eigenvalue weighted by molar-refractivity contribution is 5.79. The first-order chi connectivity index (χ1) is 14.9. The summed E-state index contributed by atoms with van der Waals surface area (Å²) in [5.41, 5.74) is 3.51. The Morgan fingerprint density at radius 1 is 1.03 bits per heavy atom. The SMILES string of the molecule is NC(=O)[C@H](O[C@H]1O[C@H](C(=O)O)[C@H](O)[C@H](O)[C@@H]1O)[C@H]1O[C@@H](n2ccc(=O)[nH]c2=O)[C@H](O)[C@@H]1O. The Balaban J connectivity index is 1.85. The molecular formula is C16H21N3O13. The number of aromatic nitrogens is 2. The van der Waals surface area contributed by atoms with Gasteiger partial charge in [0.25, 0.3) is 5.56 Å². The molecule has 16 heteroatoms. The molecule has 10 atom stereocenters. The van der Waals surface area contributed by atoms with Crippen molar-refractivity contribution < 1.29 is 54.4 Å². The fraction of sp³-hybridized carbons (Fsp3) is 0.625. The minimum Gasteiger partial charge on any atom is -0.479 e. The number of hydrogen-bond donors (Lipinski definition) is 8. The molecule has 16 nitrogen and oxygen atoms in total. The summed E-state index contributed by atoms with van der Waals surface area (Å²) >= 11 is 0. The average molecular weight is 463 g/mol. The fourth-order valence-electron chi connectivity index (χ4n) is 3.41. The molecule has 32 heavy (non-hydrogen) atoms. The van der Waals surface area contributed by atoms with Gasteiger partial charge in [0.05, 0.1) is 0 Å². The Labute approximate surface area is 177 Å². The van der Waals surface area contributed by atoms with Crippen LogP contribution in [0.15, 0.2) is 21.9 Å². The smallest absolute Gasteiger partial charge is 0.335 e. The number of rotatable bonds is 6. The Hall–Kier alpha value is -2.70. The molecule has 0 spiro atoms. The highest BCUT2D eigenvalue weighted by Crippen LogP contribution is 2.33. The van der Waals surface area contributed by atoms with Crippen molar-refractivity contribution in [1.29, 1.82) is 0 Å². The molecule has 3 rings (SSSR count). The number of aromatic amines is 1. The van der Waals surface area contributed by atoms with Gasteiger partial charge in [0.15, 0.2) is 24.7 Å². The number of nitrogens with zero attached hydrogens (tertiary/aromatic N) is 1. The topological polar surface area (TPSA) is 264 Å². The highest BCUT2D eigenvalue weighted by atomic mass is 16.7. The van der Waals surface area contributed by atoms with Crippen molar-refractivity contribution in [3.63, 3.8) is 0 Å². The molecule has 0 aliphatic carbocycles. The van der Waals surface area contributed by atoms with Gasteiger partial charge >= 0.3 is 11.7 Å². The van der Waals surface area contributed by atoms with Gasteiger partial charge in [0.2, 0.25) is 5.91 Å². The summed E-state index contributed by atoms with van der Waals surface area (Å²) in [5, 5.41) is 59.4. The third kappa shape index (κ3) is 4.30. The third-order valence-electron chi connectivity index (χ3n) is 5.07. The Morgan fingerprint density at radius 2 is 1.69 bits per heavy atom. The molecule has 9 N–H and O–H groups in total. The molecule has 2 saturated heterocycles. The minimum absolute atomic E-state index is 0.722. The number of carbonyl (C=O) groups is 2. The van der Waals surface area contributed by atoms with Crippen molar-refractivity contribution in [2.24, 2.45) is 5.73 Å². The number of nitrogens with two attached hydrogens (primary N) is 1. The van der Waals surface area contributed by atoms with Gasteiger partial charge in [-0.1, -0.05) is 0 Å². The van der Waals surface area contributed by atoms with E-state index >= 15 is 0 Å². The molecule has 1 aromatic heterocycles. The number of hydrogen-bond acceptors (Lipinski definition) is 12. The van der Waals surface area contributed by atoms with Crippen LogP contribution in [0.5, 0.6) is 0 Å². The second kappa shape index (κ2) is 9.04. The molecular weight excluding hydrogens is 442 g/mol. The molecule has 2 aliphatic heterocycles. The monoisotopic (exact) mass is 463 g/mol. The van der Waals surface area contributed by atoms with Crippen LogP contribution in [-0.2, 0) is 23.8 Å². The molecule has 0 saturated carbocycles. The number of primary amides is 1. The van der Waals surface area contributed by atoms with Gasteiger partial charge in [-0.05, 0) is 0 Å². The van der Waals surface area contributed by atoms with Crippen LogP contribution in [-0.4, -0.2) is 107 Å². The van der Waals surface area contributed by atoms with Gasteiger partial charge < -0.3 is 50.6 Å². The zero-order chi connectivity index (χ0) is 23.9. The predicted molar refractivity (Wildman–Crippen MR) is 95.6 cm³/mol. The van der Waals surface area contributed by atoms with Gasteiger partial charge in [-0.15, -0.1) is 0 Å². The molecule has 2 aliphatic rings. The van der Waals surface area contributed by atoms with Crippen molar-refractivity contribution in [2.45, 2.75) is 61.3 Å². The molecule has 178 valence electrons. The third-order valence-corrected chi connectivity index (χ3v) is 5.07. The summed E-state index contributed by atoms with van der Waals surface area (Å²) in [6.45, 7) is 0. The zero-order valence-corrected chi connectivity index (χ0v) is 16.0. The Kier molecular flexibility index (Phi) is 6.77. The predicted octanol–water partition coefficient (Wildman–Crippen LogP) is -6.08. The number of aliphatic hydroxyl groups is 5. The summed E-state index contributed by atoms with van der Waals surface area (Å²) in [7, 11) is 0. The number of carbonyl (C=O) groups excluding carboxylic acids is 1. The van der Waals surface area contributed by atoms with Crippen LogP contribution >= 0.6 is 0 Å². The summed E-state index contributed by atoms with van der Waals surface area (Å²) in [6.07, 6.45) is -18.2. The standard InChI is InChI=1S/C16H21N3O13/c17-12(26)11(32-15-8(25)4(21)5(22)10(31-15)14(27)28)9-6(23)7(24)13(30-9)19-2-1-3(20)18-16(19)29/h1-2,4-11,13,15,21-25H,(H2,17,26)(H,27,28)(H,18,20,29)/t4-,5+,6-,7+,8-,9-,10-,11+,13+,15+/m0/s1. The largest absolute Gasteiger partial charge is 0.479 e. The maximum absolute atomic E-state index is 12.0. The number of aliphatic hydroxyl groups excluding tert-OH is 5. The molecule has 0 aromatic carbocycles. The maximum atomic E-state index is 12.0. The van der Waals surface area contributed by atoms with E-state index in [1.165, 1.54) is 0 Å². The summed E-state index contributed by atoms with van der Waals surface area (Å²) < 4.78 is 16.2. The molecule has 0 radical (unpaired) electrons. The van der Waals surface area contributed by atoms with Crippen molar-refractivity contribution in [1.82, 2.24) is 9.55 Å². The van der Waals surface area contributed by atoms with E-state index in [4.69, 9.17) is 25.1 Å². The molecule has 0 unspecified atom stereocenters. The number of H-pyrrole nitrogens is 1. The van der Waals surface area contributed by atoms with Crippen LogP contribution < -0.4 is 17.0 Å². The van der Waals surface area contributed by atoms with Crippen LogP contribution in [0.1, 0.15) is 6.23 Å². The van der Waals surface area contributed by atoms with Crippen LogP contribution in [0.2, 0.25) is 0 Å². The summed E-state index contributed by atoms with van der Waals surface area (Å²) in [5.74, 6) is -3.02. The van der Waals surface area contributed by atoms with Crippen LogP contribution in [0, 0.1) is 0 Å². The lowest BCUT2D eigenvalue weighted by molar-refractivity contribution is -0.309. The van der Waals surface area contributed by atoms with Gasteiger partial charge in [-0.25, -0.2) is 9.59 Å². The number of carboxylic acid groups (broad SMARTS) is 1. The second-order valence-corrected chi connectivity index (χ2v) is 7.18. The van der Waals surface area contributed by atoms with E-state index in [2.05, 4.69) is 0 Å². The number of carboxylic acids is 1. The first kappa shape index (κ1) is 24.0. The number of amides is 1. The first-order valence-corrected chi connectivity index (χ1v) is 9.14. The van der Waals surface area contributed by atoms with Crippen LogP contribution in [0.25, 0.3) is 0 Å². The lowest BCUT2D eigenvalue weighted by atomic mass is 9.98. The van der Waals surface area contributed by atoms with Crippen LogP contribution in [0.4, 0.5) is 0 Å². The second-order valence-electron chi connectivity index (χ2n) is 7.18. The van der Waals surface area contributed by atoms with Gasteiger partial charge in [0.1, 0.15) is 36.6 Å². The average Bonchev–Trinajstić information content (AvgIpc) is 3.00. The summed E-state index contributed by atoms with van der Waals surface area (Å²) in [4.78, 5) is 48.3. The Morgan fingerprint density at radius 3 is 2.25 bits per heavy atom. The van der Waals surface area contributed by atoms with Crippen molar-refractivity contribution >= 4 is 11.9 Å². The fourth-order valence-corrected chi connectivity index (χ4v) is 3.41. The Bertz CT molecular complexity index is 978. The maximum Gasteiger partial charge on any atom is 0.335 e.